The van der Waals surface area contributed by atoms with E-state index in [9.17, 15) is 9.59 Å². The molecule has 0 aliphatic carbocycles. The number of anilines is 1. The fourth-order valence-corrected chi connectivity index (χ4v) is 4.78. The van der Waals surface area contributed by atoms with E-state index in [4.69, 9.17) is 9.47 Å². The number of para-hydroxylation sites is 1. The smallest absolute Gasteiger partial charge is 0.416 e. The third-order valence-corrected chi connectivity index (χ3v) is 6.10. The van der Waals surface area contributed by atoms with Gasteiger partial charge >= 0.3 is 6.09 Å². The van der Waals surface area contributed by atoms with Crippen LogP contribution in [-0.4, -0.2) is 43.7 Å². The van der Waals surface area contributed by atoms with Gasteiger partial charge in [0.25, 0.3) is 0 Å². The van der Waals surface area contributed by atoms with E-state index in [1.807, 2.05) is 24.3 Å². The molecule has 0 radical (unpaired) electrons. The lowest BCUT2D eigenvalue weighted by Gasteiger charge is -2.47. The van der Waals surface area contributed by atoms with Crippen LogP contribution in [0.4, 0.5) is 10.5 Å². The van der Waals surface area contributed by atoms with Crippen LogP contribution in [-0.2, 0) is 22.4 Å². The van der Waals surface area contributed by atoms with Gasteiger partial charge in [-0.05, 0) is 47.7 Å². The van der Waals surface area contributed by atoms with E-state index in [1.165, 1.54) is 16.2 Å². The van der Waals surface area contributed by atoms with Crippen LogP contribution in [0.25, 0.3) is 0 Å². The molecule has 0 bridgehead atoms. The highest BCUT2D eigenvalue weighted by molar-refractivity contribution is 5.95. The molecule has 0 spiro atoms. The number of cyclic esters (lactones) is 1. The zero-order valence-corrected chi connectivity index (χ0v) is 15.8. The van der Waals surface area contributed by atoms with Gasteiger partial charge in [0, 0.05) is 12.2 Å². The quantitative estimate of drug-likeness (QED) is 0.804. The highest BCUT2D eigenvalue weighted by atomic mass is 16.6. The molecule has 0 unspecified atom stereocenters. The summed E-state index contributed by atoms with van der Waals surface area (Å²) in [5.74, 6) is 0.292. The highest BCUT2D eigenvalue weighted by Crippen LogP contribution is 2.46. The number of rotatable bonds is 2. The molecule has 5 rings (SSSR count). The first-order chi connectivity index (χ1) is 13.7. The molecule has 0 aromatic heterocycles. The average molecular weight is 378 g/mol. The lowest BCUT2D eigenvalue weighted by molar-refractivity contribution is -0.133. The van der Waals surface area contributed by atoms with E-state index in [2.05, 4.69) is 23.1 Å². The number of carbonyl (C=O) groups is 2. The van der Waals surface area contributed by atoms with Crippen LogP contribution in [0.3, 0.4) is 0 Å². The Morgan fingerprint density at radius 3 is 2.79 bits per heavy atom. The first-order valence-electron chi connectivity index (χ1n) is 9.67. The molecule has 6 nitrogen and oxygen atoms in total. The first kappa shape index (κ1) is 17.1. The lowest BCUT2D eigenvalue weighted by atomic mass is 9.77. The van der Waals surface area contributed by atoms with Gasteiger partial charge in [-0.3, -0.25) is 4.79 Å². The number of fused-ring (bicyclic) bond motifs is 5. The summed E-state index contributed by atoms with van der Waals surface area (Å²) in [7, 11) is 1.65. The van der Waals surface area contributed by atoms with Crippen LogP contribution in [0.1, 0.15) is 22.7 Å². The van der Waals surface area contributed by atoms with Crippen molar-refractivity contribution in [2.75, 3.05) is 31.7 Å². The minimum absolute atomic E-state index is 0.116. The molecular formula is C22H22N2O4. The number of amides is 2. The van der Waals surface area contributed by atoms with Crippen LogP contribution < -0.4 is 9.64 Å². The Hall–Kier alpha value is -3.02. The molecule has 2 atom stereocenters. The van der Waals surface area contributed by atoms with Gasteiger partial charge in [-0.1, -0.05) is 24.3 Å². The first-order valence-corrected chi connectivity index (χ1v) is 9.67. The van der Waals surface area contributed by atoms with Crippen molar-refractivity contribution in [2.45, 2.75) is 18.9 Å². The molecule has 144 valence electrons. The normalized spacial score (nSPS) is 22.8. The van der Waals surface area contributed by atoms with Crippen molar-refractivity contribution in [3.8, 4) is 5.75 Å². The van der Waals surface area contributed by atoms with Gasteiger partial charge in [-0.25, -0.2) is 9.69 Å². The van der Waals surface area contributed by atoms with Crippen LogP contribution in [0.15, 0.2) is 42.5 Å². The van der Waals surface area contributed by atoms with Crippen molar-refractivity contribution in [2.24, 2.45) is 5.92 Å². The Labute approximate surface area is 163 Å². The summed E-state index contributed by atoms with van der Waals surface area (Å²) in [5, 5.41) is 0. The van der Waals surface area contributed by atoms with Gasteiger partial charge in [0.2, 0.25) is 5.91 Å². The van der Waals surface area contributed by atoms with Gasteiger partial charge < -0.3 is 14.4 Å². The van der Waals surface area contributed by atoms with Crippen molar-refractivity contribution in [3.05, 3.63) is 59.2 Å². The van der Waals surface area contributed by atoms with E-state index in [-0.39, 0.29) is 24.5 Å². The van der Waals surface area contributed by atoms with E-state index in [0.717, 1.165) is 29.8 Å². The van der Waals surface area contributed by atoms with E-state index in [0.29, 0.717) is 13.0 Å². The monoisotopic (exact) mass is 378 g/mol. The van der Waals surface area contributed by atoms with Crippen LogP contribution in [0.5, 0.6) is 5.75 Å². The summed E-state index contributed by atoms with van der Waals surface area (Å²) in [6.45, 7) is 1.44. The maximum Gasteiger partial charge on any atom is 0.416 e. The molecule has 2 aromatic rings. The Kier molecular flexibility index (Phi) is 4.00. The molecule has 2 aromatic carbocycles. The van der Waals surface area contributed by atoms with Gasteiger partial charge in [-0.2, -0.15) is 0 Å². The molecule has 0 saturated carbocycles. The maximum atomic E-state index is 13.4. The van der Waals surface area contributed by atoms with Gasteiger partial charge in [0.1, 0.15) is 12.4 Å². The second kappa shape index (κ2) is 6.55. The van der Waals surface area contributed by atoms with Crippen molar-refractivity contribution >= 4 is 17.7 Å². The summed E-state index contributed by atoms with van der Waals surface area (Å²) in [6.07, 6.45) is 0.991. The van der Waals surface area contributed by atoms with Gasteiger partial charge in [0.15, 0.2) is 0 Å². The Bertz CT molecular complexity index is 957. The fourth-order valence-electron chi connectivity index (χ4n) is 4.78. The van der Waals surface area contributed by atoms with E-state index in [1.54, 1.807) is 7.11 Å². The Morgan fingerprint density at radius 1 is 1.14 bits per heavy atom. The third kappa shape index (κ3) is 2.55. The number of hydrogen-bond donors (Lipinski definition) is 0. The number of benzene rings is 2. The fraction of sp³-hybridized carbons (Fsp3) is 0.364. The minimum atomic E-state index is -0.530. The summed E-state index contributed by atoms with van der Waals surface area (Å²) in [4.78, 5) is 29.1. The third-order valence-electron chi connectivity index (χ3n) is 6.10. The minimum Gasteiger partial charge on any atom is -0.497 e. The van der Waals surface area contributed by atoms with E-state index >= 15 is 0 Å². The summed E-state index contributed by atoms with van der Waals surface area (Å²) >= 11 is 0. The largest absolute Gasteiger partial charge is 0.497 e. The Balaban J connectivity index is 1.63. The average Bonchev–Trinajstić information content (AvgIpc) is 3.17. The zero-order valence-electron chi connectivity index (χ0n) is 15.8. The molecular weight excluding hydrogens is 356 g/mol. The van der Waals surface area contributed by atoms with Crippen molar-refractivity contribution in [3.63, 3.8) is 0 Å². The number of ether oxygens (including phenoxy) is 2. The predicted molar refractivity (Wildman–Crippen MR) is 103 cm³/mol. The van der Waals surface area contributed by atoms with Crippen molar-refractivity contribution in [1.29, 1.82) is 0 Å². The number of imide groups is 1. The Morgan fingerprint density at radius 2 is 2.00 bits per heavy atom. The van der Waals surface area contributed by atoms with Gasteiger partial charge in [0.05, 0.1) is 25.6 Å². The number of carbonyl (C=O) groups excluding carboxylic acids is 2. The molecule has 1 saturated heterocycles. The molecule has 0 N–H and O–H groups in total. The number of hydrogen-bond acceptors (Lipinski definition) is 5. The summed E-state index contributed by atoms with van der Waals surface area (Å²) < 4.78 is 10.5. The standard InChI is InChI=1S/C22H22N2O4/c1-27-16-7-6-14-8-9-23-19-5-3-2-4-15(19)12-18(20(23)17(14)13-16)21(25)24-10-11-28-22(24)26/h2-7,13,18,20H,8-12H2,1H3/t18-,20+/m1/s1. The van der Waals surface area contributed by atoms with E-state index < -0.39 is 6.09 Å². The zero-order chi connectivity index (χ0) is 19.3. The SMILES string of the molecule is COc1ccc2c(c1)[C@H]1[C@H](C(=O)N3CCOC3=O)Cc3ccccc3N1CC2. The van der Waals surface area contributed by atoms with Gasteiger partial charge in [-0.15, -0.1) is 0 Å². The second-order valence-corrected chi connectivity index (χ2v) is 7.50. The summed E-state index contributed by atoms with van der Waals surface area (Å²) in [5.41, 5.74) is 4.68. The predicted octanol–water partition coefficient (Wildman–Crippen LogP) is 2.95. The number of methoxy groups -OCH3 is 1. The molecule has 2 amide bonds. The van der Waals surface area contributed by atoms with Crippen molar-refractivity contribution < 1.29 is 19.1 Å². The lowest BCUT2D eigenvalue weighted by Crippen LogP contribution is -2.50. The molecule has 6 heteroatoms. The second-order valence-electron chi connectivity index (χ2n) is 7.50. The number of nitrogens with zero attached hydrogens (tertiary/aromatic N) is 2. The molecule has 3 heterocycles. The molecule has 3 aliphatic rings. The van der Waals surface area contributed by atoms with Crippen LogP contribution in [0, 0.1) is 5.92 Å². The topological polar surface area (TPSA) is 59.1 Å². The summed E-state index contributed by atoms with van der Waals surface area (Å²) in [6, 6.07) is 14.2. The highest BCUT2D eigenvalue weighted by Gasteiger charge is 2.45. The van der Waals surface area contributed by atoms with Crippen LogP contribution >= 0.6 is 0 Å². The van der Waals surface area contributed by atoms with Crippen molar-refractivity contribution in [1.82, 2.24) is 4.90 Å². The molecule has 28 heavy (non-hydrogen) atoms. The maximum absolute atomic E-state index is 13.4. The molecule has 3 aliphatic heterocycles. The van der Waals surface area contributed by atoms with Crippen LogP contribution in [0.2, 0.25) is 0 Å². The molecule has 1 fully saturated rings.